The zero-order chi connectivity index (χ0) is 26.0. The Hall–Kier alpha value is -3.88. The van der Waals surface area contributed by atoms with Crippen molar-refractivity contribution in [2.24, 2.45) is 5.92 Å². The average molecular weight is 484 g/mol. The second kappa shape index (κ2) is 12.5. The molecule has 9 heteroatoms. The first-order chi connectivity index (χ1) is 16.5. The van der Waals surface area contributed by atoms with Crippen LogP contribution in [-0.2, 0) is 20.9 Å². The highest BCUT2D eigenvalue weighted by Gasteiger charge is 2.29. The maximum absolute atomic E-state index is 13.3. The van der Waals surface area contributed by atoms with E-state index in [-0.39, 0.29) is 36.1 Å². The number of hydrogen-bond donors (Lipinski definition) is 3. The third-order valence-electron chi connectivity index (χ3n) is 4.69. The van der Waals surface area contributed by atoms with Crippen molar-refractivity contribution < 1.29 is 28.7 Å². The van der Waals surface area contributed by atoms with E-state index in [9.17, 15) is 19.2 Å². The minimum atomic E-state index is -0.867. The third-order valence-corrected chi connectivity index (χ3v) is 4.69. The number of carbonyl (C=O) groups excluding carboxylic acids is 4. The van der Waals surface area contributed by atoms with Crippen LogP contribution in [-0.4, -0.2) is 42.1 Å². The van der Waals surface area contributed by atoms with Crippen molar-refractivity contribution in [3.05, 3.63) is 65.7 Å². The SMILES string of the molecule is CC(C)[C@H](NC(=O)OC(C)(C)C)C(=O)c1ccccc1NC(=O)CNC(=O)OCc1ccccc1. The molecule has 2 rings (SSSR count). The first kappa shape index (κ1) is 27.4. The molecule has 0 aliphatic carbocycles. The van der Waals surface area contributed by atoms with Crippen LogP contribution in [0.5, 0.6) is 0 Å². The molecule has 2 aromatic carbocycles. The van der Waals surface area contributed by atoms with Crippen LogP contribution in [0.1, 0.15) is 50.5 Å². The number of ketones is 1. The fourth-order valence-corrected chi connectivity index (χ4v) is 3.06. The maximum Gasteiger partial charge on any atom is 0.408 e. The number of amides is 3. The number of ether oxygens (including phenoxy) is 2. The molecule has 0 aromatic heterocycles. The normalized spacial score (nSPS) is 11.8. The molecule has 0 aliphatic rings. The van der Waals surface area contributed by atoms with Gasteiger partial charge in [0.15, 0.2) is 5.78 Å². The molecule has 3 N–H and O–H groups in total. The Morgan fingerprint density at radius 1 is 0.886 bits per heavy atom. The Morgan fingerprint density at radius 2 is 1.51 bits per heavy atom. The summed E-state index contributed by atoms with van der Waals surface area (Å²) in [4.78, 5) is 49.8. The number of rotatable bonds is 9. The highest BCUT2D eigenvalue weighted by atomic mass is 16.6. The van der Waals surface area contributed by atoms with Gasteiger partial charge in [0.25, 0.3) is 0 Å². The van der Waals surface area contributed by atoms with Gasteiger partial charge in [0.1, 0.15) is 18.8 Å². The van der Waals surface area contributed by atoms with Gasteiger partial charge in [0, 0.05) is 5.56 Å². The van der Waals surface area contributed by atoms with E-state index in [0.29, 0.717) is 0 Å². The fourth-order valence-electron chi connectivity index (χ4n) is 3.06. The predicted molar refractivity (Wildman–Crippen MR) is 132 cm³/mol. The number of alkyl carbamates (subject to hydrolysis) is 2. The Kier molecular flexibility index (Phi) is 9.81. The summed E-state index contributed by atoms with van der Waals surface area (Å²) in [6.07, 6.45) is -1.45. The zero-order valence-corrected chi connectivity index (χ0v) is 20.7. The molecule has 0 saturated carbocycles. The van der Waals surface area contributed by atoms with Crippen LogP contribution >= 0.6 is 0 Å². The van der Waals surface area contributed by atoms with Crippen LogP contribution in [0.3, 0.4) is 0 Å². The van der Waals surface area contributed by atoms with Gasteiger partial charge in [-0.05, 0) is 44.4 Å². The molecule has 2 aromatic rings. The van der Waals surface area contributed by atoms with Gasteiger partial charge in [-0.25, -0.2) is 9.59 Å². The highest BCUT2D eigenvalue weighted by molar-refractivity contribution is 6.08. The van der Waals surface area contributed by atoms with E-state index >= 15 is 0 Å². The van der Waals surface area contributed by atoms with Crippen molar-refractivity contribution >= 4 is 29.6 Å². The molecule has 0 heterocycles. The number of anilines is 1. The van der Waals surface area contributed by atoms with Crippen molar-refractivity contribution in [1.82, 2.24) is 10.6 Å². The number of nitrogens with one attached hydrogen (secondary N) is 3. The summed E-state index contributed by atoms with van der Waals surface area (Å²) in [7, 11) is 0. The van der Waals surface area contributed by atoms with Crippen molar-refractivity contribution in [3.8, 4) is 0 Å². The Morgan fingerprint density at radius 3 is 2.14 bits per heavy atom. The fraction of sp³-hybridized carbons (Fsp3) is 0.385. The molecule has 0 unspecified atom stereocenters. The monoisotopic (exact) mass is 483 g/mol. The summed E-state index contributed by atoms with van der Waals surface area (Å²) in [5.41, 5.74) is 0.593. The van der Waals surface area contributed by atoms with Crippen LogP contribution < -0.4 is 16.0 Å². The van der Waals surface area contributed by atoms with Gasteiger partial charge in [-0.2, -0.15) is 0 Å². The van der Waals surface area contributed by atoms with Crippen LogP contribution in [0.2, 0.25) is 0 Å². The summed E-state index contributed by atoms with van der Waals surface area (Å²) in [5, 5.41) is 7.63. The Bertz CT molecular complexity index is 1030. The topological polar surface area (TPSA) is 123 Å². The largest absolute Gasteiger partial charge is 0.445 e. The lowest BCUT2D eigenvalue weighted by Gasteiger charge is -2.25. The first-order valence-corrected chi connectivity index (χ1v) is 11.3. The maximum atomic E-state index is 13.3. The van der Waals surface area contributed by atoms with Gasteiger partial charge in [-0.3, -0.25) is 9.59 Å². The van der Waals surface area contributed by atoms with Gasteiger partial charge >= 0.3 is 12.2 Å². The predicted octanol–water partition coefficient (Wildman–Crippen LogP) is 4.28. The van der Waals surface area contributed by atoms with Crippen LogP contribution in [0.15, 0.2) is 54.6 Å². The van der Waals surface area contributed by atoms with E-state index in [2.05, 4.69) is 16.0 Å². The number of benzene rings is 2. The number of carbonyl (C=O) groups is 4. The molecule has 35 heavy (non-hydrogen) atoms. The second-order valence-corrected chi connectivity index (χ2v) is 9.24. The summed E-state index contributed by atoms with van der Waals surface area (Å²) in [6, 6.07) is 14.7. The molecule has 0 radical (unpaired) electrons. The summed E-state index contributed by atoms with van der Waals surface area (Å²) in [6.45, 7) is 8.52. The number of para-hydroxylation sites is 1. The molecule has 0 spiro atoms. The van der Waals surface area contributed by atoms with E-state index in [4.69, 9.17) is 9.47 Å². The van der Waals surface area contributed by atoms with Crippen molar-refractivity contribution in [2.75, 3.05) is 11.9 Å². The quantitative estimate of drug-likeness (QED) is 0.458. The lowest BCUT2D eigenvalue weighted by atomic mass is 9.94. The van der Waals surface area contributed by atoms with Crippen molar-refractivity contribution in [2.45, 2.75) is 52.9 Å². The standard InChI is InChI=1S/C26H33N3O6/c1-17(2)22(29-25(33)35-26(3,4)5)23(31)19-13-9-10-14-20(19)28-21(30)15-27-24(32)34-16-18-11-7-6-8-12-18/h6-14,17,22H,15-16H2,1-5H3,(H,27,32)(H,28,30)(H,29,33)/t22-/m0/s1. The first-order valence-electron chi connectivity index (χ1n) is 11.3. The van der Waals surface area contributed by atoms with Gasteiger partial charge < -0.3 is 25.4 Å². The minimum Gasteiger partial charge on any atom is -0.445 e. The van der Waals surface area contributed by atoms with Gasteiger partial charge in [-0.1, -0.05) is 56.3 Å². The minimum absolute atomic E-state index is 0.0763. The smallest absolute Gasteiger partial charge is 0.408 e. The molecular formula is C26H33N3O6. The molecule has 0 bridgehead atoms. The zero-order valence-electron chi connectivity index (χ0n) is 20.7. The van der Waals surface area contributed by atoms with E-state index in [1.165, 1.54) is 0 Å². The average Bonchev–Trinajstić information content (AvgIpc) is 2.79. The highest BCUT2D eigenvalue weighted by Crippen LogP contribution is 2.20. The van der Waals surface area contributed by atoms with Gasteiger partial charge in [0.05, 0.1) is 11.7 Å². The van der Waals surface area contributed by atoms with E-state index < -0.39 is 29.7 Å². The molecule has 0 saturated heterocycles. The van der Waals surface area contributed by atoms with Crippen LogP contribution in [0, 0.1) is 5.92 Å². The van der Waals surface area contributed by atoms with Crippen LogP contribution in [0.4, 0.5) is 15.3 Å². The van der Waals surface area contributed by atoms with Crippen LogP contribution in [0.25, 0.3) is 0 Å². The summed E-state index contributed by atoms with van der Waals surface area (Å²) >= 11 is 0. The Balaban J connectivity index is 1.99. The molecular weight excluding hydrogens is 450 g/mol. The van der Waals surface area contributed by atoms with Gasteiger partial charge in [0.2, 0.25) is 5.91 Å². The van der Waals surface area contributed by atoms with Gasteiger partial charge in [-0.15, -0.1) is 0 Å². The third kappa shape index (κ3) is 9.48. The van der Waals surface area contributed by atoms with E-state index in [1.54, 1.807) is 58.9 Å². The molecule has 1 atom stereocenters. The molecule has 0 aliphatic heterocycles. The lowest BCUT2D eigenvalue weighted by molar-refractivity contribution is -0.115. The number of hydrogen-bond acceptors (Lipinski definition) is 6. The molecule has 9 nitrogen and oxygen atoms in total. The Labute approximate surface area is 205 Å². The number of Topliss-reactive ketones (excluding diaryl/α,β-unsaturated/α-hetero) is 1. The molecule has 188 valence electrons. The summed E-state index contributed by atoms with van der Waals surface area (Å²) in [5.74, 6) is -1.15. The van der Waals surface area contributed by atoms with Crippen molar-refractivity contribution in [3.63, 3.8) is 0 Å². The summed E-state index contributed by atoms with van der Waals surface area (Å²) < 4.78 is 10.4. The van der Waals surface area contributed by atoms with E-state index in [0.717, 1.165) is 5.56 Å². The van der Waals surface area contributed by atoms with E-state index in [1.807, 2.05) is 30.3 Å². The van der Waals surface area contributed by atoms with Crippen molar-refractivity contribution in [1.29, 1.82) is 0 Å². The molecule has 3 amide bonds. The lowest BCUT2D eigenvalue weighted by Crippen LogP contribution is -2.46. The second-order valence-electron chi connectivity index (χ2n) is 9.24. The molecule has 0 fully saturated rings.